The van der Waals surface area contributed by atoms with Gasteiger partial charge in [0.25, 0.3) is 0 Å². The van der Waals surface area contributed by atoms with Gasteiger partial charge in [-0.05, 0) is 19.4 Å². The van der Waals surface area contributed by atoms with E-state index >= 15 is 0 Å². The third-order valence-electron chi connectivity index (χ3n) is 4.05. The third kappa shape index (κ3) is 2.80. The van der Waals surface area contributed by atoms with Gasteiger partial charge in [0.2, 0.25) is 0 Å². The summed E-state index contributed by atoms with van der Waals surface area (Å²) in [7, 11) is 0. The first-order valence-electron chi connectivity index (χ1n) is 7.99. The Morgan fingerprint density at radius 3 is 2.92 bits per heavy atom. The largest absolute Gasteiger partial charge is 0.404 e. The molecule has 0 bridgehead atoms. The predicted molar refractivity (Wildman–Crippen MR) is 94.8 cm³/mol. The van der Waals surface area contributed by atoms with E-state index < -0.39 is 0 Å². The van der Waals surface area contributed by atoms with Gasteiger partial charge in [-0.3, -0.25) is 4.68 Å². The van der Waals surface area contributed by atoms with Crippen molar-refractivity contribution >= 4 is 17.3 Å². The predicted octanol–water partition coefficient (Wildman–Crippen LogP) is 2.90. The van der Waals surface area contributed by atoms with Crippen molar-refractivity contribution in [1.82, 2.24) is 24.4 Å². The minimum atomic E-state index is 0.342. The quantitative estimate of drug-likeness (QED) is 0.681. The van der Waals surface area contributed by atoms with Gasteiger partial charge < -0.3 is 11.1 Å². The van der Waals surface area contributed by atoms with Crippen LogP contribution in [-0.4, -0.2) is 30.6 Å². The molecule has 0 aliphatic heterocycles. The van der Waals surface area contributed by atoms with E-state index in [-0.39, 0.29) is 0 Å². The minimum Gasteiger partial charge on any atom is -0.404 e. The lowest BCUT2D eigenvalue weighted by atomic mass is 10.1. The molecule has 3 aromatic rings. The molecule has 124 valence electrons. The zero-order valence-corrected chi connectivity index (χ0v) is 13.8. The van der Waals surface area contributed by atoms with Gasteiger partial charge in [0.1, 0.15) is 0 Å². The fraction of sp³-hybridized carbons (Fsp3) is 0.294. The van der Waals surface area contributed by atoms with Gasteiger partial charge in [0.05, 0.1) is 35.5 Å². The molecule has 0 fully saturated rings. The average molecular weight is 323 g/mol. The van der Waals surface area contributed by atoms with Gasteiger partial charge in [0.15, 0.2) is 0 Å². The second-order valence-electron chi connectivity index (χ2n) is 5.75. The molecule has 0 aliphatic rings. The monoisotopic (exact) mass is 323 g/mol. The number of fused-ring (bicyclic) bond motifs is 1. The van der Waals surface area contributed by atoms with Crippen LogP contribution in [-0.2, 0) is 0 Å². The van der Waals surface area contributed by atoms with Crippen molar-refractivity contribution < 1.29 is 0 Å². The molecule has 0 saturated carbocycles. The molecule has 1 unspecified atom stereocenters. The van der Waals surface area contributed by atoms with Crippen LogP contribution < -0.4 is 5.73 Å². The summed E-state index contributed by atoms with van der Waals surface area (Å²) >= 11 is 0. The van der Waals surface area contributed by atoms with Crippen LogP contribution in [0, 0.1) is 5.41 Å². The number of nitrogens with zero attached hydrogens (tertiary/aromatic N) is 5. The SMILES string of the molecule is CCCC(C)n1cc(-c2nc(/C(C=N)=C/N)cn3nccc23)cn1. The second-order valence-corrected chi connectivity index (χ2v) is 5.75. The van der Waals surface area contributed by atoms with Crippen LogP contribution in [0.1, 0.15) is 38.4 Å². The van der Waals surface area contributed by atoms with Crippen molar-refractivity contribution in [3.8, 4) is 11.3 Å². The van der Waals surface area contributed by atoms with E-state index in [1.807, 2.05) is 23.1 Å². The molecule has 3 heterocycles. The van der Waals surface area contributed by atoms with Crippen LogP contribution in [0.2, 0.25) is 0 Å². The number of nitrogens with two attached hydrogens (primary N) is 1. The molecule has 7 heteroatoms. The number of rotatable bonds is 6. The Kier molecular flexibility index (Phi) is 4.41. The number of hydrogen-bond acceptors (Lipinski definition) is 5. The van der Waals surface area contributed by atoms with Crippen LogP contribution in [0.15, 0.2) is 37.1 Å². The molecule has 0 amide bonds. The molecule has 1 atom stereocenters. The van der Waals surface area contributed by atoms with Gasteiger partial charge in [0, 0.05) is 35.8 Å². The van der Waals surface area contributed by atoms with Crippen LogP contribution in [0.4, 0.5) is 0 Å². The number of nitrogens with one attached hydrogen (secondary N) is 1. The molecule has 7 nitrogen and oxygen atoms in total. The lowest BCUT2D eigenvalue weighted by molar-refractivity contribution is 0.455. The molecular formula is C17H21N7. The highest BCUT2D eigenvalue weighted by Crippen LogP contribution is 2.25. The van der Waals surface area contributed by atoms with Crippen LogP contribution in [0.3, 0.4) is 0 Å². The Morgan fingerprint density at radius 1 is 1.38 bits per heavy atom. The molecular weight excluding hydrogens is 302 g/mol. The summed E-state index contributed by atoms with van der Waals surface area (Å²) in [4.78, 5) is 4.69. The molecule has 0 aliphatic carbocycles. The minimum absolute atomic E-state index is 0.342. The van der Waals surface area contributed by atoms with E-state index in [1.54, 1.807) is 16.9 Å². The third-order valence-corrected chi connectivity index (χ3v) is 4.05. The Morgan fingerprint density at radius 2 is 2.21 bits per heavy atom. The first kappa shape index (κ1) is 15.9. The Balaban J connectivity index is 2.11. The maximum atomic E-state index is 7.49. The van der Waals surface area contributed by atoms with E-state index in [4.69, 9.17) is 16.1 Å². The zero-order chi connectivity index (χ0) is 17.1. The summed E-state index contributed by atoms with van der Waals surface area (Å²) in [5.41, 5.74) is 9.34. The first-order chi connectivity index (χ1) is 11.7. The Hall–Kier alpha value is -2.96. The average Bonchev–Trinajstić information content (AvgIpc) is 3.25. The number of allylic oxidation sites excluding steroid dienone is 1. The van der Waals surface area contributed by atoms with E-state index in [0.29, 0.717) is 17.3 Å². The second kappa shape index (κ2) is 6.66. The lowest BCUT2D eigenvalue weighted by Crippen LogP contribution is -2.04. The van der Waals surface area contributed by atoms with Gasteiger partial charge in [-0.1, -0.05) is 13.3 Å². The summed E-state index contributed by atoms with van der Waals surface area (Å²) in [5, 5.41) is 16.3. The van der Waals surface area contributed by atoms with Crippen molar-refractivity contribution in [2.75, 3.05) is 0 Å². The molecule has 0 aromatic carbocycles. The molecule has 0 saturated heterocycles. The summed E-state index contributed by atoms with van der Waals surface area (Å²) in [6.07, 6.45) is 12.1. The van der Waals surface area contributed by atoms with Gasteiger partial charge in [-0.25, -0.2) is 9.50 Å². The van der Waals surface area contributed by atoms with Crippen molar-refractivity contribution in [2.45, 2.75) is 32.7 Å². The normalized spacial score (nSPS) is 13.3. The Bertz CT molecular complexity index is 887. The molecule has 3 aromatic heterocycles. The summed E-state index contributed by atoms with van der Waals surface area (Å²) in [6, 6.07) is 2.25. The maximum Gasteiger partial charge on any atom is 0.0999 e. The molecule has 24 heavy (non-hydrogen) atoms. The highest BCUT2D eigenvalue weighted by Gasteiger charge is 2.14. The van der Waals surface area contributed by atoms with E-state index in [2.05, 4.69) is 24.0 Å². The lowest BCUT2D eigenvalue weighted by Gasteiger charge is -2.10. The highest BCUT2D eigenvalue weighted by atomic mass is 15.3. The van der Waals surface area contributed by atoms with Crippen molar-refractivity contribution in [2.24, 2.45) is 5.73 Å². The van der Waals surface area contributed by atoms with Crippen molar-refractivity contribution in [1.29, 1.82) is 5.41 Å². The molecule has 0 radical (unpaired) electrons. The van der Waals surface area contributed by atoms with Gasteiger partial charge in [-0.15, -0.1) is 0 Å². The fourth-order valence-corrected chi connectivity index (χ4v) is 2.74. The fourth-order valence-electron chi connectivity index (χ4n) is 2.74. The van der Waals surface area contributed by atoms with Crippen LogP contribution in [0.5, 0.6) is 0 Å². The highest BCUT2D eigenvalue weighted by molar-refractivity contribution is 6.07. The number of aromatic nitrogens is 5. The Labute approximate surface area is 140 Å². The number of hydrogen-bond donors (Lipinski definition) is 2. The van der Waals surface area contributed by atoms with Crippen molar-refractivity contribution in [3.63, 3.8) is 0 Å². The summed E-state index contributed by atoms with van der Waals surface area (Å²) in [6.45, 7) is 4.32. The van der Waals surface area contributed by atoms with Crippen molar-refractivity contribution in [3.05, 3.63) is 42.7 Å². The topological polar surface area (TPSA) is 97.9 Å². The smallest absolute Gasteiger partial charge is 0.0999 e. The zero-order valence-electron chi connectivity index (χ0n) is 13.8. The molecule has 3 N–H and O–H groups in total. The summed E-state index contributed by atoms with van der Waals surface area (Å²) < 4.78 is 3.72. The maximum absolute atomic E-state index is 7.49. The van der Waals surface area contributed by atoms with E-state index in [1.165, 1.54) is 12.4 Å². The van der Waals surface area contributed by atoms with Gasteiger partial charge in [-0.2, -0.15) is 10.2 Å². The molecule has 0 spiro atoms. The van der Waals surface area contributed by atoms with E-state index in [0.717, 1.165) is 29.6 Å². The van der Waals surface area contributed by atoms with Crippen LogP contribution >= 0.6 is 0 Å². The van der Waals surface area contributed by atoms with Crippen LogP contribution in [0.25, 0.3) is 22.3 Å². The summed E-state index contributed by atoms with van der Waals surface area (Å²) in [5.74, 6) is 0. The standard InChI is InChI=1S/C17H21N7/c1-3-4-12(2)23-10-14(9-21-23)17-16-5-6-20-24(16)11-15(22-17)13(7-18)8-19/h5-12,18H,3-4,19H2,1-2H3/b13-8+,18-7?. The van der Waals surface area contributed by atoms with Gasteiger partial charge >= 0.3 is 0 Å². The first-order valence-corrected chi connectivity index (χ1v) is 7.99. The van der Waals surface area contributed by atoms with E-state index in [9.17, 15) is 0 Å². The molecule has 3 rings (SSSR count).